The Morgan fingerprint density at radius 3 is 2.78 bits per heavy atom. The van der Waals surface area contributed by atoms with Crippen molar-refractivity contribution in [2.24, 2.45) is 5.41 Å². The summed E-state index contributed by atoms with van der Waals surface area (Å²) in [5.74, 6) is 1.04. The van der Waals surface area contributed by atoms with E-state index in [4.69, 9.17) is 5.73 Å². The van der Waals surface area contributed by atoms with Crippen LogP contribution >= 0.6 is 15.9 Å². The van der Waals surface area contributed by atoms with Crippen molar-refractivity contribution in [2.45, 2.75) is 40.0 Å². The van der Waals surface area contributed by atoms with Gasteiger partial charge >= 0.3 is 0 Å². The Labute approximate surface area is 118 Å². The van der Waals surface area contributed by atoms with E-state index in [0.717, 1.165) is 34.6 Å². The lowest BCUT2D eigenvalue weighted by atomic mass is 9.85. The third-order valence-electron chi connectivity index (χ3n) is 3.92. The van der Waals surface area contributed by atoms with Gasteiger partial charge in [0.25, 0.3) is 0 Å². The van der Waals surface area contributed by atoms with Gasteiger partial charge in [0.2, 0.25) is 0 Å². The van der Waals surface area contributed by atoms with Crippen LogP contribution in [0.15, 0.2) is 10.7 Å². The van der Waals surface area contributed by atoms with Crippen molar-refractivity contribution in [1.82, 2.24) is 4.98 Å². The van der Waals surface area contributed by atoms with Crippen LogP contribution in [0.3, 0.4) is 0 Å². The van der Waals surface area contributed by atoms with E-state index in [1.165, 1.54) is 19.3 Å². The lowest BCUT2D eigenvalue weighted by Crippen LogP contribution is -2.26. The first-order valence-electron chi connectivity index (χ1n) is 6.56. The monoisotopic (exact) mass is 311 g/mol. The van der Waals surface area contributed by atoms with Crippen LogP contribution < -0.4 is 10.6 Å². The summed E-state index contributed by atoms with van der Waals surface area (Å²) in [5, 5.41) is 0. The van der Waals surface area contributed by atoms with Crippen LogP contribution in [0.1, 0.15) is 38.7 Å². The van der Waals surface area contributed by atoms with Crippen molar-refractivity contribution < 1.29 is 0 Å². The molecule has 1 aromatic rings. The average molecular weight is 312 g/mol. The van der Waals surface area contributed by atoms with Gasteiger partial charge in [-0.1, -0.05) is 13.8 Å². The number of halogens is 1. The summed E-state index contributed by atoms with van der Waals surface area (Å²) in [7, 11) is 0. The van der Waals surface area contributed by atoms with E-state index in [-0.39, 0.29) is 0 Å². The molecule has 4 heteroatoms. The van der Waals surface area contributed by atoms with Crippen molar-refractivity contribution in [3.63, 3.8) is 0 Å². The van der Waals surface area contributed by atoms with Crippen molar-refractivity contribution >= 4 is 27.4 Å². The van der Waals surface area contributed by atoms with Crippen LogP contribution in [0.5, 0.6) is 0 Å². The maximum atomic E-state index is 5.88. The smallest absolute Gasteiger partial charge is 0.143 e. The minimum absolute atomic E-state index is 0.448. The fraction of sp³-hybridized carbons (Fsp3) is 0.643. The van der Waals surface area contributed by atoms with Gasteiger partial charge in [0, 0.05) is 13.1 Å². The maximum Gasteiger partial charge on any atom is 0.143 e. The number of nitrogen functional groups attached to an aromatic ring is 1. The second-order valence-corrected chi connectivity index (χ2v) is 6.77. The van der Waals surface area contributed by atoms with Crippen LogP contribution in [0, 0.1) is 12.3 Å². The molecule has 100 valence electrons. The van der Waals surface area contributed by atoms with Crippen molar-refractivity contribution in [1.29, 1.82) is 0 Å². The summed E-state index contributed by atoms with van der Waals surface area (Å²) < 4.78 is 1.04. The predicted molar refractivity (Wildman–Crippen MR) is 80.9 cm³/mol. The molecule has 0 amide bonds. The number of anilines is 2. The normalized spacial score (nSPS) is 19.7. The van der Waals surface area contributed by atoms with E-state index in [0.29, 0.717) is 5.41 Å². The molecule has 0 saturated carbocycles. The predicted octanol–water partition coefficient (Wildman–Crippen LogP) is 3.75. The third kappa shape index (κ3) is 2.79. The first-order chi connectivity index (χ1) is 8.41. The summed E-state index contributed by atoms with van der Waals surface area (Å²) in [6.07, 6.45) is 5.50. The molecule has 1 aliphatic rings. The molecule has 0 aliphatic carbocycles. The van der Waals surface area contributed by atoms with Gasteiger partial charge in [0.05, 0.1) is 16.4 Å². The van der Waals surface area contributed by atoms with Gasteiger partial charge in [-0.15, -0.1) is 0 Å². The number of nitrogens with two attached hydrogens (primary N) is 1. The van der Waals surface area contributed by atoms with Crippen LogP contribution in [-0.2, 0) is 0 Å². The van der Waals surface area contributed by atoms with Crippen molar-refractivity contribution in [3.05, 3.63) is 16.2 Å². The Kier molecular flexibility index (Phi) is 3.85. The van der Waals surface area contributed by atoms with Gasteiger partial charge in [-0.3, -0.25) is 0 Å². The number of nitrogens with zero attached hydrogens (tertiary/aromatic N) is 2. The van der Waals surface area contributed by atoms with Gasteiger partial charge in [0.1, 0.15) is 5.82 Å². The van der Waals surface area contributed by atoms with Crippen molar-refractivity contribution in [3.8, 4) is 0 Å². The SMILES string of the molecule is Cc1c(N)cnc(N2CCCC(C)(C)CC2)c1Br. The Balaban J connectivity index is 2.24. The zero-order chi connectivity index (χ0) is 13.3. The highest BCUT2D eigenvalue weighted by Gasteiger charge is 2.24. The van der Waals surface area contributed by atoms with E-state index in [2.05, 4.69) is 39.7 Å². The Morgan fingerprint density at radius 1 is 1.33 bits per heavy atom. The molecule has 0 aromatic carbocycles. The molecule has 2 heterocycles. The fourth-order valence-corrected chi connectivity index (χ4v) is 3.02. The Bertz CT molecular complexity index is 443. The molecule has 18 heavy (non-hydrogen) atoms. The Hall–Kier alpha value is -0.770. The van der Waals surface area contributed by atoms with E-state index >= 15 is 0 Å². The molecule has 1 aliphatic heterocycles. The summed E-state index contributed by atoms with van der Waals surface area (Å²) >= 11 is 3.64. The number of pyridine rings is 1. The van der Waals surface area contributed by atoms with Gasteiger partial charge < -0.3 is 10.6 Å². The van der Waals surface area contributed by atoms with Gasteiger partial charge in [-0.25, -0.2) is 4.98 Å². The second-order valence-electron chi connectivity index (χ2n) is 5.98. The summed E-state index contributed by atoms with van der Waals surface area (Å²) in [6.45, 7) is 8.90. The van der Waals surface area contributed by atoms with E-state index < -0.39 is 0 Å². The topological polar surface area (TPSA) is 42.1 Å². The highest BCUT2D eigenvalue weighted by atomic mass is 79.9. The largest absolute Gasteiger partial charge is 0.397 e. The maximum absolute atomic E-state index is 5.88. The number of hydrogen-bond donors (Lipinski definition) is 1. The number of rotatable bonds is 1. The number of hydrogen-bond acceptors (Lipinski definition) is 3. The minimum Gasteiger partial charge on any atom is -0.397 e. The summed E-state index contributed by atoms with van der Waals surface area (Å²) in [5.41, 5.74) is 8.17. The first kappa shape index (κ1) is 13.7. The third-order valence-corrected chi connectivity index (χ3v) is 4.87. The molecule has 0 radical (unpaired) electrons. The van der Waals surface area contributed by atoms with Gasteiger partial charge in [-0.05, 0) is 53.1 Å². The molecule has 2 N–H and O–H groups in total. The minimum atomic E-state index is 0.448. The van der Waals surface area contributed by atoms with Gasteiger partial charge in [0.15, 0.2) is 0 Å². The zero-order valence-electron chi connectivity index (χ0n) is 11.5. The standard InChI is InChI=1S/C14H22BrN3/c1-10-11(16)9-17-13(12(10)15)18-7-4-5-14(2,3)6-8-18/h9H,4-8,16H2,1-3H3. The fourth-order valence-electron chi connectivity index (χ4n) is 2.43. The van der Waals surface area contributed by atoms with E-state index in [1.807, 2.05) is 6.92 Å². The lowest BCUT2D eigenvalue weighted by molar-refractivity contribution is 0.325. The highest BCUT2D eigenvalue weighted by molar-refractivity contribution is 9.10. The van der Waals surface area contributed by atoms with Crippen LogP contribution in [-0.4, -0.2) is 18.1 Å². The highest BCUT2D eigenvalue weighted by Crippen LogP contribution is 2.35. The molecule has 1 aromatic heterocycles. The average Bonchev–Trinajstić information content (AvgIpc) is 2.48. The molecule has 1 saturated heterocycles. The molecule has 0 spiro atoms. The molecule has 0 bridgehead atoms. The quantitative estimate of drug-likeness (QED) is 0.859. The van der Waals surface area contributed by atoms with Crippen LogP contribution in [0.4, 0.5) is 11.5 Å². The zero-order valence-corrected chi connectivity index (χ0v) is 13.0. The molecular weight excluding hydrogens is 290 g/mol. The van der Waals surface area contributed by atoms with E-state index in [1.54, 1.807) is 6.20 Å². The lowest BCUT2D eigenvalue weighted by Gasteiger charge is -2.25. The molecule has 2 rings (SSSR count). The first-order valence-corrected chi connectivity index (χ1v) is 7.35. The molecule has 3 nitrogen and oxygen atoms in total. The Morgan fingerprint density at radius 2 is 2.06 bits per heavy atom. The summed E-state index contributed by atoms with van der Waals surface area (Å²) in [4.78, 5) is 6.89. The molecule has 0 unspecified atom stereocenters. The van der Waals surface area contributed by atoms with Crippen molar-refractivity contribution in [2.75, 3.05) is 23.7 Å². The second kappa shape index (κ2) is 5.08. The van der Waals surface area contributed by atoms with Gasteiger partial charge in [-0.2, -0.15) is 0 Å². The molecule has 1 fully saturated rings. The molecule has 0 atom stereocenters. The van der Waals surface area contributed by atoms with E-state index in [9.17, 15) is 0 Å². The molecular formula is C14H22BrN3. The summed E-state index contributed by atoms with van der Waals surface area (Å²) in [6, 6.07) is 0. The van der Waals surface area contributed by atoms with Crippen LogP contribution in [0.25, 0.3) is 0 Å². The van der Waals surface area contributed by atoms with Crippen LogP contribution in [0.2, 0.25) is 0 Å². The number of aromatic nitrogens is 1.